The van der Waals surface area contributed by atoms with Crippen molar-refractivity contribution in [2.75, 3.05) is 11.9 Å². The van der Waals surface area contributed by atoms with Gasteiger partial charge in [-0.3, -0.25) is 19.3 Å². The minimum atomic E-state index is -0.455. The summed E-state index contributed by atoms with van der Waals surface area (Å²) in [6.07, 6.45) is 1.65. The minimum Gasteiger partial charge on any atom is -0.325 e. The maximum Gasteiger partial charge on any atom is 0.294 e. The molecule has 2 aromatic carbocycles. The Morgan fingerprint density at radius 2 is 1.75 bits per heavy atom. The molecule has 0 unspecified atom stereocenters. The van der Waals surface area contributed by atoms with E-state index in [0.717, 1.165) is 26.7 Å². The van der Waals surface area contributed by atoms with E-state index in [4.69, 9.17) is 0 Å². The van der Waals surface area contributed by atoms with Gasteiger partial charge in [0.15, 0.2) is 0 Å². The Balaban J connectivity index is 1.65. The number of hydrogen-bond donors (Lipinski definition) is 1. The SMILES string of the molecule is CC(C)c1ccc(NC(=O)CN2C(=O)S/C(=C/c3ccc(Br)cc3)C2=O)cc1. The number of nitrogens with zero attached hydrogens (tertiary/aromatic N) is 1. The Hall–Kier alpha value is -2.38. The standard InChI is InChI=1S/C21H19BrN2O3S/c1-13(2)15-5-9-17(10-6-15)23-19(25)12-24-20(26)18(28-21(24)27)11-14-3-7-16(22)8-4-14/h3-11,13H,12H2,1-2H3,(H,23,25)/b18-11+. The van der Waals surface area contributed by atoms with Crippen LogP contribution in [-0.2, 0) is 9.59 Å². The van der Waals surface area contributed by atoms with Gasteiger partial charge in [-0.1, -0.05) is 54.0 Å². The third-order valence-electron chi connectivity index (χ3n) is 4.20. The molecule has 0 aromatic heterocycles. The minimum absolute atomic E-state index is 0.307. The van der Waals surface area contributed by atoms with E-state index in [2.05, 4.69) is 35.1 Å². The van der Waals surface area contributed by atoms with Gasteiger partial charge in [-0.05, 0) is 59.1 Å². The summed E-state index contributed by atoms with van der Waals surface area (Å²) in [6, 6.07) is 14.9. The molecule has 144 valence electrons. The molecule has 1 fully saturated rings. The monoisotopic (exact) mass is 458 g/mol. The van der Waals surface area contributed by atoms with E-state index in [9.17, 15) is 14.4 Å². The zero-order valence-corrected chi connectivity index (χ0v) is 17.8. The van der Waals surface area contributed by atoms with Crippen LogP contribution >= 0.6 is 27.7 Å². The molecular formula is C21H19BrN2O3S. The molecule has 0 radical (unpaired) electrons. The second-order valence-electron chi connectivity index (χ2n) is 6.64. The summed E-state index contributed by atoms with van der Waals surface area (Å²) in [5.41, 5.74) is 2.61. The highest BCUT2D eigenvalue weighted by Crippen LogP contribution is 2.32. The highest BCUT2D eigenvalue weighted by atomic mass is 79.9. The Morgan fingerprint density at radius 1 is 1.11 bits per heavy atom. The fourth-order valence-electron chi connectivity index (χ4n) is 2.64. The second-order valence-corrected chi connectivity index (χ2v) is 8.55. The summed E-state index contributed by atoms with van der Waals surface area (Å²) in [5.74, 6) is -0.467. The summed E-state index contributed by atoms with van der Waals surface area (Å²) in [5, 5.41) is 2.28. The van der Waals surface area contributed by atoms with Crippen LogP contribution in [0.3, 0.4) is 0 Å². The van der Waals surface area contributed by atoms with Gasteiger partial charge in [-0.2, -0.15) is 0 Å². The van der Waals surface area contributed by atoms with Crippen LogP contribution in [0.5, 0.6) is 0 Å². The number of benzene rings is 2. The smallest absolute Gasteiger partial charge is 0.294 e. The molecule has 2 aromatic rings. The van der Waals surface area contributed by atoms with Crippen molar-refractivity contribution in [1.82, 2.24) is 4.90 Å². The number of amides is 3. The topological polar surface area (TPSA) is 66.5 Å². The van der Waals surface area contributed by atoms with E-state index in [1.54, 1.807) is 6.08 Å². The molecule has 5 nitrogen and oxygen atoms in total. The lowest BCUT2D eigenvalue weighted by atomic mass is 10.0. The van der Waals surface area contributed by atoms with Gasteiger partial charge in [0.1, 0.15) is 6.54 Å². The Kier molecular flexibility index (Phi) is 6.36. The van der Waals surface area contributed by atoms with Crippen molar-refractivity contribution in [2.24, 2.45) is 0 Å². The van der Waals surface area contributed by atoms with Crippen molar-refractivity contribution in [3.63, 3.8) is 0 Å². The molecule has 3 rings (SSSR count). The van der Waals surface area contributed by atoms with E-state index in [1.807, 2.05) is 48.5 Å². The quantitative estimate of drug-likeness (QED) is 0.621. The molecule has 7 heteroatoms. The van der Waals surface area contributed by atoms with Crippen LogP contribution in [0, 0.1) is 0 Å². The zero-order chi connectivity index (χ0) is 20.3. The van der Waals surface area contributed by atoms with E-state index in [0.29, 0.717) is 16.5 Å². The second kappa shape index (κ2) is 8.75. The van der Waals surface area contributed by atoms with Crippen molar-refractivity contribution in [3.05, 3.63) is 69.0 Å². The van der Waals surface area contributed by atoms with Crippen molar-refractivity contribution >= 4 is 56.5 Å². The fraction of sp³-hybridized carbons (Fsp3) is 0.190. The number of anilines is 1. The maximum atomic E-state index is 12.5. The number of hydrogen-bond acceptors (Lipinski definition) is 4. The Labute approximate surface area is 176 Å². The largest absolute Gasteiger partial charge is 0.325 e. The van der Waals surface area contributed by atoms with Gasteiger partial charge >= 0.3 is 0 Å². The Bertz CT molecular complexity index is 937. The number of thioether (sulfide) groups is 1. The van der Waals surface area contributed by atoms with E-state index in [-0.39, 0.29) is 6.54 Å². The van der Waals surface area contributed by atoms with Crippen LogP contribution in [0.15, 0.2) is 57.9 Å². The highest BCUT2D eigenvalue weighted by Gasteiger charge is 2.36. The number of imide groups is 1. The summed E-state index contributed by atoms with van der Waals surface area (Å²) >= 11 is 4.20. The molecular weight excluding hydrogens is 440 g/mol. The molecule has 0 saturated carbocycles. The molecule has 0 aliphatic carbocycles. The molecule has 0 atom stereocenters. The van der Waals surface area contributed by atoms with E-state index in [1.165, 1.54) is 5.56 Å². The van der Waals surface area contributed by atoms with E-state index < -0.39 is 17.1 Å². The zero-order valence-electron chi connectivity index (χ0n) is 15.4. The summed E-state index contributed by atoms with van der Waals surface area (Å²) in [6.45, 7) is 3.87. The maximum absolute atomic E-state index is 12.5. The molecule has 0 spiro atoms. The van der Waals surface area contributed by atoms with Crippen molar-refractivity contribution in [3.8, 4) is 0 Å². The van der Waals surface area contributed by atoms with Gasteiger partial charge in [0.05, 0.1) is 4.91 Å². The van der Waals surface area contributed by atoms with Gasteiger partial charge < -0.3 is 5.32 Å². The van der Waals surface area contributed by atoms with Crippen LogP contribution in [-0.4, -0.2) is 28.5 Å². The fourth-order valence-corrected chi connectivity index (χ4v) is 3.74. The molecule has 0 bridgehead atoms. The first kappa shape index (κ1) is 20.4. The number of rotatable bonds is 5. The third kappa shape index (κ3) is 4.91. The Morgan fingerprint density at radius 3 is 2.36 bits per heavy atom. The molecule has 1 N–H and O–H groups in total. The number of halogens is 1. The van der Waals surface area contributed by atoms with Crippen molar-refractivity contribution in [1.29, 1.82) is 0 Å². The van der Waals surface area contributed by atoms with Gasteiger partial charge in [-0.25, -0.2) is 0 Å². The van der Waals surface area contributed by atoms with E-state index >= 15 is 0 Å². The molecule has 3 amide bonds. The molecule has 1 saturated heterocycles. The van der Waals surface area contributed by atoms with Gasteiger partial charge in [0.25, 0.3) is 11.1 Å². The van der Waals surface area contributed by atoms with Gasteiger partial charge in [0.2, 0.25) is 5.91 Å². The predicted molar refractivity (Wildman–Crippen MR) is 116 cm³/mol. The van der Waals surface area contributed by atoms with Crippen LogP contribution in [0.4, 0.5) is 10.5 Å². The van der Waals surface area contributed by atoms with Gasteiger partial charge in [-0.15, -0.1) is 0 Å². The summed E-state index contributed by atoms with van der Waals surface area (Å²) in [7, 11) is 0. The van der Waals surface area contributed by atoms with Crippen molar-refractivity contribution in [2.45, 2.75) is 19.8 Å². The summed E-state index contributed by atoms with van der Waals surface area (Å²) in [4.78, 5) is 38.3. The average Bonchev–Trinajstić information content (AvgIpc) is 2.91. The molecule has 1 aliphatic rings. The van der Waals surface area contributed by atoms with Crippen LogP contribution in [0.25, 0.3) is 6.08 Å². The lowest BCUT2D eigenvalue weighted by Crippen LogP contribution is -2.36. The number of carbonyl (C=O) groups is 3. The predicted octanol–water partition coefficient (Wildman–Crippen LogP) is 5.25. The first-order valence-electron chi connectivity index (χ1n) is 8.74. The highest BCUT2D eigenvalue weighted by molar-refractivity contribution is 9.10. The van der Waals surface area contributed by atoms with Crippen LogP contribution in [0.2, 0.25) is 0 Å². The molecule has 1 heterocycles. The van der Waals surface area contributed by atoms with Crippen LogP contribution in [0.1, 0.15) is 30.9 Å². The number of carbonyl (C=O) groups excluding carboxylic acids is 3. The first-order valence-corrected chi connectivity index (χ1v) is 10.3. The van der Waals surface area contributed by atoms with Crippen molar-refractivity contribution < 1.29 is 14.4 Å². The first-order chi connectivity index (χ1) is 13.3. The third-order valence-corrected chi connectivity index (χ3v) is 5.64. The lowest BCUT2D eigenvalue weighted by molar-refractivity contribution is -0.127. The average molecular weight is 459 g/mol. The molecule has 28 heavy (non-hydrogen) atoms. The summed E-state index contributed by atoms with van der Waals surface area (Å²) < 4.78 is 0.927. The lowest BCUT2D eigenvalue weighted by Gasteiger charge is -2.13. The molecule has 1 aliphatic heterocycles. The van der Waals surface area contributed by atoms with Gasteiger partial charge in [0, 0.05) is 10.2 Å². The number of nitrogens with one attached hydrogen (secondary N) is 1. The normalized spacial score (nSPS) is 15.6. The van der Waals surface area contributed by atoms with Crippen LogP contribution < -0.4 is 5.32 Å².